The SMILES string of the molecule is CC(=O)C[C@H]1CCC2C3CCC4=CC(=O)CCC4=C3C=C[C@@]21C. The Kier molecular flexibility index (Phi) is 3.48. The molecule has 122 valence electrons. The van der Waals surface area contributed by atoms with E-state index in [4.69, 9.17) is 0 Å². The van der Waals surface area contributed by atoms with E-state index in [1.165, 1.54) is 36.0 Å². The molecule has 0 saturated heterocycles. The third-order valence-electron chi connectivity index (χ3n) is 6.96. The second kappa shape index (κ2) is 5.29. The summed E-state index contributed by atoms with van der Waals surface area (Å²) in [6.07, 6.45) is 13.7. The Morgan fingerprint density at radius 2 is 2.04 bits per heavy atom. The molecule has 4 aliphatic rings. The van der Waals surface area contributed by atoms with Gasteiger partial charge < -0.3 is 4.79 Å². The molecule has 0 N–H and O–H groups in total. The van der Waals surface area contributed by atoms with Crippen LogP contribution in [0.1, 0.15) is 58.8 Å². The van der Waals surface area contributed by atoms with Gasteiger partial charge in [0.05, 0.1) is 0 Å². The van der Waals surface area contributed by atoms with Gasteiger partial charge in [-0.1, -0.05) is 19.1 Å². The van der Waals surface area contributed by atoms with Crippen molar-refractivity contribution in [3.05, 3.63) is 34.9 Å². The molecule has 0 amide bonds. The molecule has 0 aromatic rings. The summed E-state index contributed by atoms with van der Waals surface area (Å²) in [6, 6.07) is 0. The van der Waals surface area contributed by atoms with Crippen LogP contribution in [-0.4, -0.2) is 11.6 Å². The number of hydrogen-bond acceptors (Lipinski definition) is 2. The van der Waals surface area contributed by atoms with Crippen LogP contribution in [0.3, 0.4) is 0 Å². The maximum atomic E-state index is 11.7. The van der Waals surface area contributed by atoms with E-state index < -0.39 is 0 Å². The summed E-state index contributed by atoms with van der Waals surface area (Å²) in [5, 5.41) is 0. The molecule has 0 spiro atoms. The quantitative estimate of drug-likeness (QED) is 0.749. The van der Waals surface area contributed by atoms with Crippen LogP contribution in [0, 0.1) is 23.2 Å². The molecule has 0 aliphatic heterocycles. The van der Waals surface area contributed by atoms with Gasteiger partial charge in [0.15, 0.2) is 5.78 Å². The van der Waals surface area contributed by atoms with Crippen molar-refractivity contribution < 1.29 is 9.59 Å². The summed E-state index contributed by atoms with van der Waals surface area (Å²) in [5.74, 6) is 2.46. The molecule has 2 heteroatoms. The summed E-state index contributed by atoms with van der Waals surface area (Å²) >= 11 is 0. The van der Waals surface area contributed by atoms with E-state index in [0.717, 1.165) is 19.3 Å². The van der Waals surface area contributed by atoms with Gasteiger partial charge in [0.1, 0.15) is 5.78 Å². The molecule has 4 aliphatic carbocycles. The third-order valence-corrected chi connectivity index (χ3v) is 6.96. The molecule has 0 bridgehead atoms. The van der Waals surface area contributed by atoms with E-state index in [1.54, 1.807) is 6.92 Å². The largest absolute Gasteiger partial charge is 0.300 e. The van der Waals surface area contributed by atoms with E-state index in [0.29, 0.717) is 35.7 Å². The normalized spacial score (nSPS) is 38.8. The summed E-state index contributed by atoms with van der Waals surface area (Å²) in [5.41, 5.74) is 4.47. The Hall–Kier alpha value is -1.44. The van der Waals surface area contributed by atoms with Crippen molar-refractivity contribution in [2.75, 3.05) is 0 Å². The molecule has 4 rings (SSSR count). The summed E-state index contributed by atoms with van der Waals surface area (Å²) in [7, 11) is 0. The number of carbonyl (C=O) groups excluding carboxylic acids is 2. The summed E-state index contributed by atoms with van der Waals surface area (Å²) in [4.78, 5) is 23.4. The van der Waals surface area contributed by atoms with Gasteiger partial charge in [-0.05, 0) is 85.0 Å². The smallest absolute Gasteiger partial charge is 0.156 e. The average Bonchev–Trinajstić information content (AvgIpc) is 2.83. The number of ketones is 2. The molecule has 2 nitrogen and oxygen atoms in total. The Bertz CT molecular complexity index is 663. The highest BCUT2D eigenvalue weighted by Gasteiger charge is 2.51. The number of carbonyl (C=O) groups is 2. The molecular weight excluding hydrogens is 284 g/mol. The zero-order chi connectivity index (χ0) is 16.2. The molecule has 1 fully saturated rings. The fraction of sp³-hybridized carbons (Fsp3) is 0.619. The van der Waals surface area contributed by atoms with Gasteiger partial charge >= 0.3 is 0 Å². The minimum Gasteiger partial charge on any atom is -0.300 e. The maximum absolute atomic E-state index is 11.7. The van der Waals surface area contributed by atoms with Crippen molar-refractivity contribution in [3.63, 3.8) is 0 Å². The number of allylic oxidation sites excluding steroid dienone is 6. The Morgan fingerprint density at radius 3 is 2.83 bits per heavy atom. The first-order valence-corrected chi connectivity index (χ1v) is 9.14. The van der Waals surface area contributed by atoms with E-state index in [-0.39, 0.29) is 5.41 Å². The fourth-order valence-electron chi connectivity index (χ4n) is 5.79. The van der Waals surface area contributed by atoms with Gasteiger partial charge in [-0.15, -0.1) is 0 Å². The van der Waals surface area contributed by atoms with Crippen molar-refractivity contribution in [1.82, 2.24) is 0 Å². The minimum atomic E-state index is 0.187. The van der Waals surface area contributed by atoms with Gasteiger partial charge in [-0.2, -0.15) is 0 Å². The van der Waals surface area contributed by atoms with Crippen LogP contribution < -0.4 is 0 Å². The molecule has 0 radical (unpaired) electrons. The second-order valence-corrected chi connectivity index (χ2v) is 8.20. The van der Waals surface area contributed by atoms with Crippen LogP contribution in [0.2, 0.25) is 0 Å². The summed E-state index contributed by atoms with van der Waals surface area (Å²) in [6.45, 7) is 4.11. The van der Waals surface area contributed by atoms with Crippen molar-refractivity contribution in [3.8, 4) is 0 Å². The first kappa shape index (κ1) is 15.1. The van der Waals surface area contributed by atoms with Crippen molar-refractivity contribution >= 4 is 11.6 Å². The zero-order valence-electron chi connectivity index (χ0n) is 14.2. The number of fused-ring (bicyclic) bond motifs is 4. The van der Waals surface area contributed by atoms with Crippen LogP contribution in [0.25, 0.3) is 0 Å². The molecule has 1 saturated carbocycles. The highest BCUT2D eigenvalue weighted by atomic mass is 16.1. The van der Waals surface area contributed by atoms with E-state index in [2.05, 4.69) is 19.1 Å². The third kappa shape index (κ3) is 2.29. The van der Waals surface area contributed by atoms with Gasteiger partial charge in [-0.25, -0.2) is 0 Å². The van der Waals surface area contributed by atoms with E-state index >= 15 is 0 Å². The van der Waals surface area contributed by atoms with Crippen LogP contribution in [0.15, 0.2) is 34.9 Å². The molecule has 0 heterocycles. The Balaban J connectivity index is 1.73. The molecule has 0 aromatic carbocycles. The van der Waals surface area contributed by atoms with E-state index in [1.807, 2.05) is 6.08 Å². The van der Waals surface area contributed by atoms with Crippen molar-refractivity contribution in [1.29, 1.82) is 0 Å². The van der Waals surface area contributed by atoms with Gasteiger partial charge in [0.2, 0.25) is 0 Å². The highest BCUT2D eigenvalue weighted by Crippen LogP contribution is 2.60. The number of hydrogen-bond donors (Lipinski definition) is 0. The average molecular weight is 310 g/mol. The zero-order valence-corrected chi connectivity index (χ0v) is 14.2. The topological polar surface area (TPSA) is 34.1 Å². The predicted octanol–water partition coefficient (Wildman–Crippen LogP) is 4.56. The molecule has 0 aromatic heterocycles. The predicted molar refractivity (Wildman–Crippen MR) is 90.8 cm³/mol. The van der Waals surface area contributed by atoms with Crippen molar-refractivity contribution in [2.45, 2.75) is 58.8 Å². The van der Waals surface area contributed by atoms with Crippen LogP contribution in [0.4, 0.5) is 0 Å². The lowest BCUT2D eigenvalue weighted by Crippen LogP contribution is -2.37. The molecule has 23 heavy (non-hydrogen) atoms. The fourth-order valence-corrected chi connectivity index (χ4v) is 5.79. The lowest BCUT2D eigenvalue weighted by atomic mass is 9.59. The Morgan fingerprint density at radius 1 is 1.22 bits per heavy atom. The highest BCUT2D eigenvalue weighted by molar-refractivity contribution is 5.93. The summed E-state index contributed by atoms with van der Waals surface area (Å²) < 4.78 is 0. The molecule has 2 unspecified atom stereocenters. The number of rotatable bonds is 2. The Labute approximate surface area is 138 Å². The van der Waals surface area contributed by atoms with Crippen molar-refractivity contribution in [2.24, 2.45) is 23.2 Å². The molecule has 4 atom stereocenters. The standard InChI is InChI=1S/C21H26O2/c1-13(22)11-15-4-8-20-19-6-3-14-12-16(23)5-7-17(14)18(19)9-10-21(15,20)2/h9-10,12,15,19-20H,3-8,11H2,1-2H3/t15-,19?,20?,21-/m1/s1. The van der Waals surface area contributed by atoms with Gasteiger partial charge in [0, 0.05) is 12.8 Å². The first-order chi connectivity index (χ1) is 11.0. The van der Waals surface area contributed by atoms with E-state index in [9.17, 15) is 9.59 Å². The van der Waals surface area contributed by atoms with Crippen LogP contribution in [0.5, 0.6) is 0 Å². The lowest BCUT2D eigenvalue weighted by Gasteiger charge is -2.45. The number of Topliss-reactive ketones (excluding diaryl/α,β-unsaturated/α-hetero) is 1. The lowest BCUT2D eigenvalue weighted by molar-refractivity contribution is -0.118. The van der Waals surface area contributed by atoms with Crippen LogP contribution >= 0.6 is 0 Å². The first-order valence-electron chi connectivity index (χ1n) is 9.14. The maximum Gasteiger partial charge on any atom is 0.156 e. The van der Waals surface area contributed by atoms with Gasteiger partial charge in [0.25, 0.3) is 0 Å². The van der Waals surface area contributed by atoms with Gasteiger partial charge in [-0.3, -0.25) is 4.79 Å². The van der Waals surface area contributed by atoms with Crippen LogP contribution in [-0.2, 0) is 9.59 Å². The monoisotopic (exact) mass is 310 g/mol. The second-order valence-electron chi connectivity index (χ2n) is 8.20. The molecular formula is C21H26O2. The minimum absolute atomic E-state index is 0.187.